The van der Waals surface area contributed by atoms with Gasteiger partial charge in [-0.1, -0.05) is 31.4 Å². The van der Waals surface area contributed by atoms with Gasteiger partial charge in [-0.3, -0.25) is 0 Å². The van der Waals surface area contributed by atoms with Gasteiger partial charge in [0.15, 0.2) is 0 Å². The van der Waals surface area contributed by atoms with Crippen LogP contribution in [0.2, 0.25) is 0 Å². The fourth-order valence-corrected chi connectivity index (χ4v) is 2.63. The molecule has 4 heteroatoms. The van der Waals surface area contributed by atoms with Gasteiger partial charge in [0.25, 0.3) is 0 Å². The van der Waals surface area contributed by atoms with Crippen molar-refractivity contribution in [3.05, 3.63) is 29.8 Å². The summed E-state index contributed by atoms with van der Waals surface area (Å²) in [6.07, 6.45) is 6.81. The summed E-state index contributed by atoms with van der Waals surface area (Å²) in [5, 5.41) is 5.98. The third-order valence-corrected chi connectivity index (χ3v) is 3.77. The molecule has 1 aromatic carbocycles. The van der Waals surface area contributed by atoms with E-state index in [1.165, 1.54) is 24.8 Å². The van der Waals surface area contributed by atoms with Gasteiger partial charge in [-0.2, -0.15) is 0 Å². The van der Waals surface area contributed by atoms with Gasteiger partial charge in [-0.15, -0.1) is 0 Å². The molecular weight excluding hydrogens is 252 g/mol. The Morgan fingerprint density at radius 2 is 2.10 bits per heavy atom. The highest BCUT2D eigenvalue weighted by molar-refractivity contribution is 5.74. The molecule has 2 amide bonds. The molecule has 1 aliphatic carbocycles. The van der Waals surface area contributed by atoms with Gasteiger partial charge >= 0.3 is 6.03 Å². The minimum absolute atomic E-state index is 0.0419. The minimum Gasteiger partial charge on any atom is -0.497 e. The predicted octanol–water partition coefficient (Wildman–Crippen LogP) is 2.87. The van der Waals surface area contributed by atoms with Crippen LogP contribution in [0.15, 0.2) is 24.3 Å². The van der Waals surface area contributed by atoms with E-state index < -0.39 is 0 Å². The molecular formula is C16H24N2O2. The molecule has 1 aromatic rings. The largest absolute Gasteiger partial charge is 0.497 e. The summed E-state index contributed by atoms with van der Waals surface area (Å²) in [4.78, 5) is 11.8. The van der Waals surface area contributed by atoms with E-state index in [9.17, 15) is 4.79 Å². The molecule has 0 spiro atoms. The fourth-order valence-electron chi connectivity index (χ4n) is 2.63. The maximum absolute atomic E-state index is 11.8. The number of urea groups is 1. The van der Waals surface area contributed by atoms with Gasteiger partial charge in [0.2, 0.25) is 0 Å². The van der Waals surface area contributed by atoms with Crippen LogP contribution < -0.4 is 15.4 Å². The second-order valence-electron chi connectivity index (χ2n) is 5.34. The van der Waals surface area contributed by atoms with Crippen LogP contribution in [-0.2, 0) is 6.42 Å². The third kappa shape index (κ3) is 4.76. The Bertz CT molecular complexity index is 428. The zero-order chi connectivity index (χ0) is 14.2. The molecule has 0 atom stereocenters. The quantitative estimate of drug-likeness (QED) is 0.869. The van der Waals surface area contributed by atoms with Gasteiger partial charge in [-0.05, 0) is 37.0 Å². The summed E-state index contributed by atoms with van der Waals surface area (Å²) >= 11 is 0. The number of amides is 2. The zero-order valence-electron chi connectivity index (χ0n) is 12.2. The Labute approximate surface area is 120 Å². The van der Waals surface area contributed by atoms with Crippen LogP contribution in [0.3, 0.4) is 0 Å². The van der Waals surface area contributed by atoms with Gasteiger partial charge in [-0.25, -0.2) is 4.79 Å². The molecule has 1 saturated carbocycles. The Kier molecular flexibility index (Phi) is 5.71. The van der Waals surface area contributed by atoms with Crippen LogP contribution in [-0.4, -0.2) is 25.7 Å². The number of rotatable bonds is 5. The van der Waals surface area contributed by atoms with Crippen molar-refractivity contribution in [1.29, 1.82) is 0 Å². The number of hydrogen-bond donors (Lipinski definition) is 2. The van der Waals surface area contributed by atoms with E-state index in [0.29, 0.717) is 12.6 Å². The summed E-state index contributed by atoms with van der Waals surface area (Å²) in [6, 6.07) is 8.26. The van der Waals surface area contributed by atoms with Crippen LogP contribution in [0.1, 0.15) is 37.7 Å². The summed E-state index contributed by atoms with van der Waals surface area (Å²) < 4.78 is 5.18. The molecule has 2 rings (SSSR count). The van der Waals surface area contributed by atoms with Crippen molar-refractivity contribution in [1.82, 2.24) is 10.6 Å². The van der Waals surface area contributed by atoms with Gasteiger partial charge in [0.05, 0.1) is 7.11 Å². The Morgan fingerprint density at radius 1 is 1.30 bits per heavy atom. The van der Waals surface area contributed by atoms with Crippen LogP contribution in [0, 0.1) is 0 Å². The van der Waals surface area contributed by atoms with E-state index in [-0.39, 0.29) is 6.03 Å². The van der Waals surface area contributed by atoms with Crippen molar-refractivity contribution in [2.75, 3.05) is 13.7 Å². The highest BCUT2D eigenvalue weighted by Gasteiger charge is 2.14. The van der Waals surface area contributed by atoms with Gasteiger partial charge in [0.1, 0.15) is 5.75 Å². The molecule has 0 unspecified atom stereocenters. The van der Waals surface area contributed by atoms with Crippen LogP contribution in [0.4, 0.5) is 4.79 Å². The van der Waals surface area contributed by atoms with E-state index in [1.807, 2.05) is 24.3 Å². The van der Waals surface area contributed by atoms with E-state index in [2.05, 4.69) is 10.6 Å². The van der Waals surface area contributed by atoms with Gasteiger partial charge < -0.3 is 15.4 Å². The molecule has 1 fully saturated rings. The molecule has 0 bridgehead atoms. The summed E-state index contributed by atoms with van der Waals surface area (Å²) in [6.45, 7) is 0.645. The topological polar surface area (TPSA) is 50.4 Å². The number of ether oxygens (including phenoxy) is 1. The lowest BCUT2D eigenvalue weighted by molar-refractivity contribution is 0.233. The highest BCUT2D eigenvalue weighted by atomic mass is 16.5. The molecule has 0 aliphatic heterocycles. The molecule has 110 valence electrons. The Hall–Kier alpha value is -1.71. The number of hydrogen-bond acceptors (Lipinski definition) is 2. The van der Waals surface area contributed by atoms with Crippen molar-refractivity contribution in [2.24, 2.45) is 0 Å². The van der Waals surface area contributed by atoms with Crippen LogP contribution in [0.25, 0.3) is 0 Å². The van der Waals surface area contributed by atoms with Crippen molar-refractivity contribution < 1.29 is 9.53 Å². The predicted molar refractivity (Wildman–Crippen MR) is 80.1 cm³/mol. The summed E-state index contributed by atoms with van der Waals surface area (Å²) in [7, 11) is 1.66. The number of nitrogens with one attached hydrogen (secondary N) is 2. The van der Waals surface area contributed by atoms with Crippen LogP contribution >= 0.6 is 0 Å². The normalized spacial score (nSPS) is 15.7. The van der Waals surface area contributed by atoms with Crippen LogP contribution in [0.5, 0.6) is 5.75 Å². The Balaban J connectivity index is 1.67. The number of methoxy groups -OCH3 is 1. The van der Waals surface area contributed by atoms with E-state index in [4.69, 9.17) is 4.74 Å². The summed E-state index contributed by atoms with van der Waals surface area (Å²) in [5.74, 6) is 0.856. The van der Waals surface area contributed by atoms with E-state index >= 15 is 0 Å². The second kappa shape index (κ2) is 7.78. The first-order chi connectivity index (χ1) is 9.78. The maximum Gasteiger partial charge on any atom is 0.315 e. The molecule has 0 heterocycles. The molecule has 20 heavy (non-hydrogen) atoms. The first-order valence-electron chi connectivity index (χ1n) is 7.45. The maximum atomic E-state index is 11.8. The average molecular weight is 276 g/mol. The molecule has 0 saturated heterocycles. The number of carbonyl (C=O) groups is 1. The molecule has 2 N–H and O–H groups in total. The minimum atomic E-state index is -0.0419. The third-order valence-electron chi connectivity index (χ3n) is 3.77. The first kappa shape index (κ1) is 14.7. The first-order valence-corrected chi connectivity index (χ1v) is 7.45. The fraction of sp³-hybridized carbons (Fsp3) is 0.562. The SMILES string of the molecule is COc1cccc(CCNC(=O)NC2CCCCC2)c1. The standard InChI is InChI=1S/C16H24N2O2/c1-20-15-9-5-6-13(12-15)10-11-17-16(19)18-14-7-3-2-4-8-14/h5-6,9,12,14H,2-4,7-8,10-11H2,1H3,(H2,17,18,19). The lowest BCUT2D eigenvalue weighted by Crippen LogP contribution is -2.43. The Morgan fingerprint density at radius 3 is 2.85 bits per heavy atom. The molecule has 0 radical (unpaired) electrons. The van der Waals surface area contributed by atoms with Crippen molar-refractivity contribution in [2.45, 2.75) is 44.6 Å². The molecule has 0 aromatic heterocycles. The summed E-state index contributed by atoms with van der Waals surface area (Å²) in [5.41, 5.74) is 1.17. The monoisotopic (exact) mass is 276 g/mol. The van der Waals surface area contributed by atoms with Crippen molar-refractivity contribution >= 4 is 6.03 Å². The molecule has 1 aliphatic rings. The van der Waals surface area contributed by atoms with E-state index in [1.54, 1.807) is 7.11 Å². The lowest BCUT2D eigenvalue weighted by atomic mass is 9.96. The second-order valence-corrected chi connectivity index (χ2v) is 5.34. The van der Waals surface area contributed by atoms with Crippen molar-refractivity contribution in [3.8, 4) is 5.75 Å². The average Bonchev–Trinajstić information content (AvgIpc) is 2.48. The zero-order valence-corrected chi connectivity index (χ0v) is 12.2. The molecule has 4 nitrogen and oxygen atoms in total. The van der Waals surface area contributed by atoms with Gasteiger partial charge in [0, 0.05) is 12.6 Å². The number of carbonyl (C=O) groups excluding carboxylic acids is 1. The smallest absolute Gasteiger partial charge is 0.315 e. The lowest BCUT2D eigenvalue weighted by Gasteiger charge is -2.22. The number of benzene rings is 1. The van der Waals surface area contributed by atoms with E-state index in [0.717, 1.165) is 25.0 Å². The van der Waals surface area contributed by atoms with Crippen molar-refractivity contribution in [3.63, 3.8) is 0 Å². The highest BCUT2D eigenvalue weighted by Crippen LogP contribution is 2.17.